The van der Waals surface area contributed by atoms with Crippen LogP contribution in [0.25, 0.3) is 28.0 Å². The summed E-state index contributed by atoms with van der Waals surface area (Å²) in [5.41, 5.74) is 4.88. The highest BCUT2D eigenvalue weighted by atomic mass is 16.5. The predicted molar refractivity (Wildman–Crippen MR) is 124 cm³/mol. The van der Waals surface area contributed by atoms with Crippen molar-refractivity contribution < 1.29 is 9.53 Å². The van der Waals surface area contributed by atoms with Gasteiger partial charge in [0.25, 0.3) is 0 Å². The SMILES string of the molecule is COC(=O)C1(C)CCN(c2cccc3ncc(-c4ccc(-c5cnn(C)c5)cc4)n23)CC1. The average Bonchev–Trinajstić information content (AvgIpc) is 3.45. The summed E-state index contributed by atoms with van der Waals surface area (Å²) in [6, 6.07) is 14.7. The molecule has 0 spiro atoms. The van der Waals surface area contributed by atoms with Crippen molar-refractivity contribution in [3.05, 3.63) is 61.1 Å². The van der Waals surface area contributed by atoms with Gasteiger partial charge in [-0.25, -0.2) is 4.98 Å². The van der Waals surface area contributed by atoms with Crippen molar-refractivity contribution in [1.82, 2.24) is 19.2 Å². The highest BCUT2D eigenvalue weighted by Gasteiger charge is 2.38. The Balaban J connectivity index is 1.47. The van der Waals surface area contributed by atoms with E-state index in [0.29, 0.717) is 0 Å². The summed E-state index contributed by atoms with van der Waals surface area (Å²) in [5.74, 6) is 0.977. The van der Waals surface area contributed by atoms with Crippen LogP contribution in [0, 0.1) is 5.41 Å². The Bertz CT molecular complexity index is 1260. The van der Waals surface area contributed by atoms with E-state index >= 15 is 0 Å². The molecule has 4 heterocycles. The molecule has 1 fully saturated rings. The Morgan fingerprint density at radius 2 is 1.72 bits per heavy atom. The summed E-state index contributed by atoms with van der Waals surface area (Å²) in [7, 11) is 3.39. The number of piperidine rings is 1. The molecule has 1 aliphatic heterocycles. The topological polar surface area (TPSA) is 64.7 Å². The van der Waals surface area contributed by atoms with Crippen LogP contribution in [0.2, 0.25) is 0 Å². The van der Waals surface area contributed by atoms with Crippen LogP contribution in [-0.4, -0.2) is 45.3 Å². The van der Waals surface area contributed by atoms with Crippen molar-refractivity contribution in [2.24, 2.45) is 12.5 Å². The number of carbonyl (C=O) groups is 1. The fourth-order valence-corrected chi connectivity index (χ4v) is 4.55. The monoisotopic (exact) mass is 429 g/mol. The third-order valence-electron chi connectivity index (χ3n) is 6.60. The zero-order chi connectivity index (χ0) is 22.3. The molecule has 3 aromatic heterocycles. The van der Waals surface area contributed by atoms with Crippen molar-refractivity contribution in [3.63, 3.8) is 0 Å². The summed E-state index contributed by atoms with van der Waals surface area (Å²) < 4.78 is 9.05. The van der Waals surface area contributed by atoms with Crippen molar-refractivity contribution >= 4 is 17.4 Å². The first-order valence-corrected chi connectivity index (χ1v) is 10.9. The maximum absolute atomic E-state index is 12.2. The van der Waals surface area contributed by atoms with Gasteiger partial charge in [-0.15, -0.1) is 0 Å². The van der Waals surface area contributed by atoms with Crippen LogP contribution in [0.15, 0.2) is 61.1 Å². The van der Waals surface area contributed by atoms with E-state index in [1.165, 1.54) is 7.11 Å². The standard InChI is InChI=1S/C25H27N5O2/c1-25(24(31)32-3)11-13-29(14-12-25)23-6-4-5-22-26-16-21(30(22)23)19-9-7-18(8-10-19)20-15-27-28(2)17-20/h4-10,15-17H,11-14H2,1-3H3. The lowest BCUT2D eigenvalue weighted by atomic mass is 9.80. The number of imidazole rings is 1. The second kappa shape index (κ2) is 7.82. The van der Waals surface area contributed by atoms with Crippen LogP contribution in [0.1, 0.15) is 19.8 Å². The van der Waals surface area contributed by atoms with E-state index < -0.39 is 5.41 Å². The molecule has 0 bridgehead atoms. The largest absolute Gasteiger partial charge is 0.469 e. The lowest BCUT2D eigenvalue weighted by Crippen LogP contribution is -2.43. The predicted octanol–water partition coefficient (Wildman–Crippen LogP) is 4.18. The molecule has 0 unspecified atom stereocenters. The molecular weight excluding hydrogens is 402 g/mol. The smallest absolute Gasteiger partial charge is 0.311 e. The number of esters is 1. The zero-order valence-corrected chi connectivity index (χ0v) is 18.7. The molecule has 32 heavy (non-hydrogen) atoms. The number of aromatic nitrogens is 4. The van der Waals surface area contributed by atoms with E-state index in [9.17, 15) is 4.79 Å². The lowest BCUT2D eigenvalue weighted by Gasteiger charge is -2.38. The highest BCUT2D eigenvalue weighted by Crippen LogP contribution is 2.35. The normalized spacial score (nSPS) is 15.8. The number of carbonyl (C=O) groups excluding carboxylic acids is 1. The van der Waals surface area contributed by atoms with Crippen LogP contribution < -0.4 is 4.90 Å². The van der Waals surface area contributed by atoms with Crippen LogP contribution in [0.3, 0.4) is 0 Å². The van der Waals surface area contributed by atoms with Gasteiger partial charge in [0.05, 0.1) is 30.6 Å². The number of aryl methyl sites for hydroxylation is 1. The van der Waals surface area contributed by atoms with E-state index in [4.69, 9.17) is 4.74 Å². The van der Waals surface area contributed by atoms with E-state index in [0.717, 1.165) is 59.8 Å². The van der Waals surface area contributed by atoms with Crippen molar-refractivity contribution in [1.29, 1.82) is 0 Å². The van der Waals surface area contributed by atoms with Gasteiger partial charge in [-0.2, -0.15) is 5.10 Å². The molecule has 1 saturated heterocycles. The van der Waals surface area contributed by atoms with E-state index in [-0.39, 0.29) is 5.97 Å². The Labute approximate surface area is 187 Å². The Morgan fingerprint density at radius 1 is 1.00 bits per heavy atom. The minimum Gasteiger partial charge on any atom is -0.469 e. The Morgan fingerprint density at radius 3 is 2.38 bits per heavy atom. The number of anilines is 1. The minimum atomic E-state index is -0.418. The Kier molecular flexibility index (Phi) is 4.96. The molecule has 0 saturated carbocycles. The van der Waals surface area contributed by atoms with Gasteiger partial charge in [0.15, 0.2) is 0 Å². The molecule has 1 aliphatic rings. The molecule has 164 valence electrons. The van der Waals surface area contributed by atoms with Crippen LogP contribution >= 0.6 is 0 Å². The first-order valence-electron chi connectivity index (χ1n) is 10.9. The third kappa shape index (κ3) is 3.43. The molecule has 0 atom stereocenters. The number of hydrogen-bond acceptors (Lipinski definition) is 5. The fourth-order valence-electron chi connectivity index (χ4n) is 4.55. The molecule has 0 N–H and O–H groups in total. The number of rotatable bonds is 4. The van der Waals surface area contributed by atoms with Gasteiger partial charge in [-0.05, 0) is 37.5 Å². The van der Waals surface area contributed by atoms with Crippen LogP contribution in [-0.2, 0) is 16.6 Å². The Hall–Kier alpha value is -3.61. The number of nitrogens with zero attached hydrogens (tertiary/aromatic N) is 5. The molecule has 0 radical (unpaired) electrons. The number of ether oxygens (including phenoxy) is 1. The number of methoxy groups -OCH3 is 1. The number of hydrogen-bond donors (Lipinski definition) is 0. The summed E-state index contributed by atoms with van der Waals surface area (Å²) in [6.45, 7) is 3.59. The molecule has 5 rings (SSSR count). The molecular formula is C25H27N5O2. The first kappa shape index (κ1) is 20.3. The van der Waals surface area contributed by atoms with Crippen LogP contribution in [0.5, 0.6) is 0 Å². The molecule has 7 heteroatoms. The van der Waals surface area contributed by atoms with Gasteiger partial charge in [-0.1, -0.05) is 30.3 Å². The van der Waals surface area contributed by atoms with E-state index in [1.807, 2.05) is 49.4 Å². The van der Waals surface area contributed by atoms with E-state index in [2.05, 4.69) is 49.7 Å². The second-order valence-corrected chi connectivity index (χ2v) is 8.74. The first-order chi connectivity index (χ1) is 15.5. The van der Waals surface area contributed by atoms with Gasteiger partial charge in [-0.3, -0.25) is 13.9 Å². The van der Waals surface area contributed by atoms with Gasteiger partial charge >= 0.3 is 5.97 Å². The summed E-state index contributed by atoms with van der Waals surface area (Å²) in [6.07, 6.45) is 7.35. The minimum absolute atomic E-state index is 0.118. The molecule has 0 amide bonds. The number of pyridine rings is 1. The van der Waals surface area contributed by atoms with Gasteiger partial charge < -0.3 is 9.64 Å². The van der Waals surface area contributed by atoms with Crippen molar-refractivity contribution in [3.8, 4) is 22.4 Å². The summed E-state index contributed by atoms with van der Waals surface area (Å²) >= 11 is 0. The van der Waals surface area contributed by atoms with Gasteiger partial charge in [0.2, 0.25) is 0 Å². The fraction of sp³-hybridized carbons (Fsp3) is 0.320. The summed E-state index contributed by atoms with van der Waals surface area (Å²) in [5, 5.41) is 4.26. The average molecular weight is 430 g/mol. The lowest BCUT2D eigenvalue weighted by molar-refractivity contribution is -0.152. The summed E-state index contributed by atoms with van der Waals surface area (Å²) in [4.78, 5) is 19.2. The molecule has 1 aromatic carbocycles. The second-order valence-electron chi connectivity index (χ2n) is 8.74. The van der Waals surface area contributed by atoms with Crippen molar-refractivity contribution in [2.45, 2.75) is 19.8 Å². The van der Waals surface area contributed by atoms with E-state index in [1.54, 1.807) is 0 Å². The van der Waals surface area contributed by atoms with Crippen molar-refractivity contribution in [2.75, 3.05) is 25.1 Å². The number of fused-ring (bicyclic) bond motifs is 1. The van der Waals surface area contributed by atoms with Gasteiger partial charge in [0, 0.05) is 37.5 Å². The van der Waals surface area contributed by atoms with Crippen LogP contribution in [0.4, 0.5) is 5.82 Å². The molecule has 0 aliphatic carbocycles. The molecule has 4 aromatic rings. The molecule has 7 nitrogen and oxygen atoms in total. The number of benzene rings is 1. The maximum atomic E-state index is 12.2. The highest BCUT2D eigenvalue weighted by molar-refractivity contribution is 5.77. The quantitative estimate of drug-likeness (QED) is 0.456. The maximum Gasteiger partial charge on any atom is 0.311 e. The third-order valence-corrected chi connectivity index (χ3v) is 6.60. The van der Waals surface area contributed by atoms with Gasteiger partial charge in [0.1, 0.15) is 11.5 Å². The zero-order valence-electron chi connectivity index (χ0n) is 18.7.